The third-order valence-electron chi connectivity index (χ3n) is 5.98. The Kier molecular flexibility index (Phi) is 5.41. The zero-order chi connectivity index (χ0) is 21.3. The molecule has 0 spiro atoms. The molecule has 1 unspecified atom stereocenters. The van der Waals surface area contributed by atoms with Gasteiger partial charge in [-0.2, -0.15) is 0 Å². The second-order valence-electron chi connectivity index (χ2n) is 8.87. The number of pyridine rings is 2. The third-order valence-corrected chi connectivity index (χ3v) is 5.98. The molecule has 0 fully saturated rings. The first-order valence-corrected chi connectivity index (χ1v) is 10.5. The molecule has 0 bridgehead atoms. The predicted molar refractivity (Wildman–Crippen MR) is 119 cm³/mol. The summed E-state index contributed by atoms with van der Waals surface area (Å²) in [6, 6.07) is 8.09. The number of nitrogens with one attached hydrogen (secondary N) is 1. The molecule has 0 saturated carbocycles. The molecular formula is C24H29N5O. The van der Waals surface area contributed by atoms with Gasteiger partial charge in [0.2, 0.25) is 0 Å². The van der Waals surface area contributed by atoms with Gasteiger partial charge in [0.15, 0.2) is 0 Å². The number of anilines is 1. The molecule has 1 N–H and O–H groups in total. The molecule has 1 aliphatic rings. The van der Waals surface area contributed by atoms with E-state index in [1.165, 1.54) is 5.56 Å². The quantitative estimate of drug-likeness (QED) is 0.639. The smallest absolute Gasteiger partial charge is 0.144 e. The van der Waals surface area contributed by atoms with Crippen molar-refractivity contribution in [1.29, 1.82) is 0 Å². The zero-order valence-electron chi connectivity index (χ0n) is 18.3. The maximum atomic E-state index is 6.04. The molecule has 0 aromatic carbocycles. The number of aromatic nitrogens is 4. The van der Waals surface area contributed by atoms with Gasteiger partial charge in [-0.3, -0.25) is 9.97 Å². The normalized spacial score (nSPS) is 16.4. The molecule has 3 aromatic rings. The van der Waals surface area contributed by atoms with E-state index in [9.17, 15) is 0 Å². The summed E-state index contributed by atoms with van der Waals surface area (Å²) in [6.07, 6.45) is 5.35. The number of ether oxygens (including phenoxy) is 1. The Labute approximate surface area is 178 Å². The van der Waals surface area contributed by atoms with Gasteiger partial charge in [-0.1, -0.05) is 27.7 Å². The Hall–Kier alpha value is -3.02. The number of fused-ring (bicyclic) bond motifs is 1. The zero-order valence-corrected chi connectivity index (χ0v) is 18.3. The Bertz CT molecular complexity index is 1030. The van der Waals surface area contributed by atoms with Crippen LogP contribution in [0.15, 0.2) is 43.0 Å². The number of rotatable bonds is 6. The molecule has 30 heavy (non-hydrogen) atoms. The maximum Gasteiger partial charge on any atom is 0.144 e. The minimum Gasteiger partial charge on any atom is -0.490 e. The van der Waals surface area contributed by atoms with Crippen LogP contribution in [0.2, 0.25) is 0 Å². The molecule has 0 aliphatic carbocycles. The van der Waals surface area contributed by atoms with Crippen molar-refractivity contribution in [3.63, 3.8) is 0 Å². The minimum absolute atomic E-state index is 0.0330. The monoisotopic (exact) mass is 403 g/mol. The molecule has 1 aliphatic heterocycles. The van der Waals surface area contributed by atoms with Crippen LogP contribution in [0.1, 0.15) is 50.6 Å². The van der Waals surface area contributed by atoms with Crippen LogP contribution >= 0.6 is 0 Å². The fraction of sp³-hybridized carbons (Fsp3) is 0.417. The molecule has 2 atom stereocenters. The largest absolute Gasteiger partial charge is 0.490 e. The Morgan fingerprint density at radius 2 is 1.93 bits per heavy atom. The van der Waals surface area contributed by atoms with Gasteiger partial charge < -0.3 is 10.1 Å². The van der Waals surface area contributed by atoms with Crippen molar-refractivity contribution < 1.29 is 4.74 Å². The van der Waals surface area contributed by atoms with Crippen molar-refractivity contribution in [1.82, 2.24) is 19.9 Å². The highest BCUT2D eigenvalue weighted by molar-refractivity contribution is 5.61. The highest BCUT2D eigenvalue weighted by atomic mass is 16.5. The van der Waals surface area contributed by atoms with Crippen molar-refractivity contribution in [3.8, 4) is 17.0 Å². The summed E-state index contributed by atoms with van der Waals surface area (Å²) in [5, 5.41) is 3.47. The van der Waals surface area contributed by atoms with Crippen LogP contribution in [0.3, 0.4) is 0 Å². The van der Waals surface area contributed by atoms with E-state index in [0.29, 0.717) is 18.4 Å². The minimum atomic E-state index is -0.0330. The lowest BCUT2D eigenvalue weighted by molar-refractivity contribution is 0.286. The lowest BCUT2D eigenvalue weighted by Gasteiger charge is -2.23. The third kappa shape index (κ3) is 3.99. The van der Waals surface area contributed by atoms with Crippen molar-refractivity contribution in [2.75, 3.05) is 18.5 Å². The van der Waals surface area contributed by atoms with Gasteiger partial charge in [-0.05, 0) is 37.0 Å². The van der Waals surface area contributed by atoms with Crippen LogP contribution in [0, 0.1) is 12.8 Å². The topological polar surface area (TPSA) is 72.8 Å². The second-order valence-corrected chi connectivity index (χ2v) is 8.87. The van der Waals surface area contributed by atoms with E-state index in [1.807, 2.05) is 37.5 Å². The van der Waals surface area contributed by atoms with E-state index in [-0.39, 0.29) is 5.41 Å². The maximum absolute atomic E-state index is 6.04. The van der Waals surface area contributed by atoms with Crippen LogP contribution in [-0.2, 0) is 5.41 Å². The molecule has 4 heterocycles. The Balaban J connectivity index is 1.46. The van der Waals surface area contributed by atoms with E-state index >= 15 is 0 Å². The van der Waals surface area contributed by atoms with E-state index in [0.717, 1.165) is 40.8 Å². The van der Waals surface area contributed by atoms with E-state index < -0.39 is 0 Å². The van der Waals surface area contributed by atoms with E-state index in [4.69, 9.17) is 4.74 Å². The summed E-state index contributed by atoms with van der Waals surface area (Å²) in [5.74, 6) is 2.49. The molecule has 0 amide bonds. The predicted octanol–water partition coefficient (Wildman–Crippen LogP) is 4.76. The SMILES string of the molecule is Cc1ccc(-c2cc(NC[C@@H](C)C(C)c3ccnc4c3OCC4(C)C)ncn2)cn1. The fourth-order valence-corrected chi connectivity index (χ4v) is 3.76. The summed E-state index contributed by atoms with van der Waals surface area (Å²) < 4.78 is 6.04. The van der Waals surface area contributed by atoms with Gasteiger partial charge in [-0.25, -0.2) is 9.97 Å². The first-order valence-electron chi connectivity index (χ1n) is 10.5. The average Bonchev–Trinajstić information content (AvgIpc) is 3.07. The first kappa shape index (κ1) is 20.3. The summed E-state index contributed by atoms with van der Waals surface area (Å²) in [6.45, 7) is 12.3. The first-order chi connectivity index (χ1) is 14.3. The number of aryl methyl sites for hydroxylation is 1. The standard InChI is InChI=1S/C24H29N5O/c1-15(17(3)19-8-9-25-23-22(19)30-13-24(23,4)5)11-27-21-10-20(28-14-29-21)18-7-6-16(2)26-12-18/h6-10,12,14-15,17H,11,13H2,1-5H3,(H,27,28,29)/t15-,17?/m1/s1. The molecule has 3 aromatic heterocycles. The number of nitrogens with zero attached hydrogens (tertiary/aromatic N) is 4. The summed E-state index contributed by atoms with van der Waals surface area (Å²) in [5.41, 5.74) is 5.11. The van der Waals surface area contributed by atoms with Crippen molar-refractivity contribution in [3.05, 3.63) is 59.9 Å². The molecule has 0 radical (unpaired) electrons. The van der Waals surface area contributed by atoms with E-state index in [1.54, 1.807) is 6.33 Å². The van der Waals surface area contributed by atoms with Crippen LogP contribution in [0.5, 0.6) is 5.75 Å². The van der Waals surface area contributed by atoms with Crippen LogP contribution in [-0.4, -0.2) is 33.1 Å². The summed E-state index contributed by atoms with van der Waals surface area (Å²) >= 11 is 0. The summed E-state index contributed by atoms with van der Waals surface area (Å²) in [7, 11) is 0. The molecular weight excluding hydrogens is 374 g/mol. The van der Waals surface area contributed by atoms with Gasteiger partial charge >= 0.3 is 0 Å². The molecule has 156 valence electrons. The summed E-state index contributed by atoms with van der Waals surface area (Å²) in [4.78, 5) is 17.7. The number of hydrogen-bond donors (Lipinski definition) is 1. The van der Waals surface area contributed by atoms with Crippen LogP contribution in [0.25, 0.3) is 11.3 Å². The Morgan fingerprint density at radius 3 is 2.70 bits per heavy atom. The van der Waals surface area contributed by atoms with Crippen LogP contribution in [0.4, 0.5) is 5.82 Å². The van der Waals surface area contributed by atoms with Crippen molar-refractivity contribution in [2.24, 2.45) is 5.92 Å². The molecule has 6 heteroatoms. The van der Waals surface area contributed by atoms with Gasteiger partial charge in [0.05, 0.1) is 18.0 Å². The number of hydrogen-bond acceptors (Lipinski definition) is 6. The van der Waals surface area contributed by atoms with E-state index in [2.05, 4.69) is 59.0 Å². The van der Waals surface area contributed by atoms with Crippen LogP contribution < -0.4 is 10.1 Å². The van der Waals surface area contributed by atoms with Gasteiger partial charge in [-0.15, -0.1) is 0 Å². The van der Waals surface area contributed by atoms with Gasteiger partial charge in [0.25, 0.3) is 0 Å². The molecule has 6 nitrogen and oxygen atoms in total. The van der Waals surface area contributed by atoms with Crippen molar-refractivity contribution in [2.45, 2.75) is 46.0 Å². The average molecular weight is 404 g/mol. The Morgan fingerprint density at radius 1 is 1.10 bits per heavy atom. The fourth-order valence-electron chi connectivity index (χ4n) is 3.76. The lowest BCUT2D eigenvalue weighted by Crippen LogP contribution is -2.19. The second kappa shape index (κ2) is 8.01. The highest BCUT2D eigenvalue weighted by Gasteiger charge is 2.36. The van der Waals surface area contributed by atoms with Gasteiger partial charge in [0.1, 0.15) is 17.9 Å². The van der Waals surface area contributed by atoms with Crippen molar-refractivity contribution >= 4 is 5.82 Å². The highest BCUT2D eigenvalue weighted by Crippen LogP contribution is 2.42. The molecule has 4 rings (SSSR count). The molecule has 0 saturated heterocycles. The lowest BCUT2D eigenvalue weighted by atomic mass is 9.85. The van der Waals surface area contributed by atoms with Gasteiger partial charge in [0, 0.05) is 47.2 Å².